The number of thioether (sulfide) groups is 1. The zero-order valence-electron chi connectivity index (χ0n) is 10.5. The number of rotatable bonds is 5. The molecule has 0 unspecified atom stereocenters. The predicted molar refractivity (Wildman–Crippen MR) is 74.4 cm³/mol. The summed E-state index contributed by atoms with van der Waals surface area (Å²) in [7, 11) is 0. The van der Waals surface area contributed by atoms with Crippen LogP contribution in [0.2, 0.25) is 0 Å². The van der Waals surface area contributed by atoms with Crippen molar-refractivity contribution in [2.75, 3.05) is 18.1 Å². The summed E-state index contributed by atoms with van der Waals surface area (Å²) in [5.74, 6) is -0.339. The largest absolute Gasteiger partial charge is 0.477 e. The number of hydrogen-bond acceptors (Lipinski definition) is 4. The molecule has 0 atom stereocenters. The molecule has 0 bridgehead atoms. The highest BCUT2D eigenvalue weighted by Gasteiger charge is 2.32. The van der Waals surface area contributed by atoms with Crippen molar-refractivity contribution in [3.8, 4) is 0 Å². The summed E-state index contributed by atoms with van der Waals surface area (Å²) in [5.41, 5.74) is 0.0876. The van der Waals surface area contributed by atoms with Crippen LogP contribution < -0.4 is 5.32 Å². The van der Waals surface area contributed by atoms with Crippen LogP contribution in [0, 0.1) is 0 Å². The molecule has 1 heterocycles. The number of anilines is 1. The molecule has 98 valence electrons. The lowest BCUT2D eigenvalue weighted by atomic mass is 10.1. The van der Waals surface area contributed by atoms with Crippen molar-refractivity contribution in [1.82, 2.24) is 4.98 Å². The van der Waals surface area contributed by atoms with Gasteiger partial charge >= 0.3 is 5.97 Å². The molecule has 1 aromatic heterocycles. The summed E-state index contributed by atoms with van der Waals surface area (Å²) in [6.07, 6.45) is 7.16. The standard InChI is InChI=1S/C13H18N2O2S/c1-18-13(7-2-3-8-13)9-14-11-6-4-5-10(15-11)12(16)17/h4-6H,2-3,7-9H2,1H3,(H,14,15)(H,16,17). The van der Waals surface area contributed by atoms with Gasteiger partial charge in [0.25, 0.3) is 0 Å². The molecule has 1 aliphatic carbocycles. The third kappa shape index (κ3) is 2.96. The molecule has 1 aromatic rings. The van der Waals surface area contributed by atoms with E-state index in [0.717, 1.165) is 6.54 Å². The van der Waals surface area contributed by atoms with E-state index in [2.05, 4.69) is 16.6 Å². The van der Waals surface area contributed by atoms with Gasteiger partial charge in [0.1, 0.15) is 5.82 Å². The maximum absolute atomic E-state index is 10.8. The molecule has 1 saturated carbocycles. The average molecular weight is 266 g/mol. The monoisotopic (exact) mass is 266 g/mol. The highest BCUT2D eigenvalue weighted by atomic mass is 32.2. The fraction of sp³-hybridized carbons (Fsp3) is 0.538. The smallest absolute Gasteiger partial charge is 0.354 e. The predicted octanol–water partition coefficient (Wildman–Crippen LogP) is 2.87. The van der Waals surface area contributed by atoms with Crippen molar-refractivity contribution in [3.63, 3.8) is 0 Å². The van der Waals surface area contributed by atoms with Gasteiger partial charge in [0, 0.05) is 11.3 Å². The second-order valence-corrected chi connectivity index (χ2v) is 5.94. The van der Waals surface area contributed by atoms with Crippen molar-refractivity contribution in [2.24, 2.45) is 0 Å². The second kappa shape index (κ2) is 5.61. The normalized spacial score (nSPS) is 17.6. The summed E-state index contributed by atoms with van der Waals surface area (Å²) in [4.78, 5) is 14.9. The third-order valence-corrected chi connectivity index (χ3v) is 4.93. The first-order valence-electron chi connectivity index (χ1n) is 6.15. The van der Waals surface area contributed by atoms with Gasteiger partial charge < -0.3 is 10.4 Å². The Kier molecular flexibility index (Phi) is 4.11. The quantitative estimate of drug-likeness (QED) is 0.858. The zero-order valence-corrected chi connectivity index (χ0v) is 11.3. The number of carboxylic acid groups (broad SMARTS) is 1. The Hall–Kier alpha value is -1.23. The Bertz CT molecular complexity index is 431. The van der Waals surface area contributed by atoms with Gasteiger partial charge in [0.15, 0.2) is 5.69 Å². The lowest BCUT2D eigenvalue weighted by molar-refractivity contribution is 0.0690. The van der Waals surface area contributed by atoms with E-state index in [0.29, 0.717) is 10.6 Å². The maximum atomic E-state index is 10.8. The van der Waals surface area contributed by atoms with Gasteiger partial charge in [-0.05, 0) is 31.2 Å². The second-order valence-electron chi connectivity index (χ2n) is 4.66. The van der Waals surface area contributed by atoms with Crippen LogP contribution in [0.25, 0.3) is 0 Å². The summed E-state index contributed by atoms with van der Waals surface area (Å²) < 4.78 is 0.293. The third-order valence-electron chi connectivity index (χ3n) is 3.51. The molecule has 2 N–H and O–H groups in total. The molecule has 1 aliphatic rings. The van der Waals surface area contributed by atoms with Gasteiger partial charge in [-0.15, -0.1) is 0 Å². The van der Waals surface area contributed by atoms with Crippen LogP contribution in [0.1, 0.15) is 36.2 Å². The number of nitrogens with one attached hydrogen (secondary N) is 1. The Labute approximate surface area is 111 Å². The Morgan fingerprint density at radius 3 is 2.83 bits per heavy atom. The van der Waals surface area contributed by atoms with Crippen molar-refractivity contribution in [1.29, 1.82) is 0 Å². The number of aromatic carboxylic acids is 1. The lowest BCUT2D eigenvalue weighted by Gasteiger charge is -2.27. The number of nitrogens with zero attached hydrogens (tertiary/aromatic N) is 1. The fourth-order valence-electron chi connectivity index (χ4n) is 2.38. The Balaban J connectivity index is 2.01. The summed E-state index contributed by atoms with van der Waals surface area (Å²) in [6, 6.07) is 5.04. The van der Waals surface area contributed by atoms with E-state index >= 15 is 0 Å². The fourth-order valence-corrected chi connectivity index (χ4v) is 3.29. The van der Waals surface area contributed by atoms with Crippen molar-refractivity contribution in [3.05, 3.63) is 23.9 Å². The van der Waals surface area contributed by atoms with Crippen molar-refractivity contribution < 1.29 is 9.90 Å². The SMILES string of the molecule is CSC1(CNc2cccc(C(=O)O)n2)CCCC1. The van der Waals surface area contributed by atoms with Gasteiger partial charge in [-0.1, -0.05) is 18.9 Å². The summed E-state index contributed by atoms with van der Waals surface area (Å²) in [5, 5.41) is 12.2. The van der Waals surface area contributed by atoms with E-state index in [4.69, 9.17) is 5.11 Å². The van der Waals surface area contributed by atoms with Crippen LogP contribution in [0.4, 0.5) is 5.82 Å². The molecule has 0 spiro atoms. The minimum Gasteiger partial charge on any atom is -0.477 e. The Morgan fingerprint density at radius 1 is 1.50 bits per heavy atom. The first-order chi connectivity index (χ1) is 8.65. The van der Waals surface area contributed by atoms with Crippen molar-refractivity contribution >= 4 is 23.5 Å². The minimum atomic E-state index is -0.987. The molecule has 1 fully saturated rings. The molecule has 18 heavy (non-hydrogen) atoms. The van der Waals surface area contributed by atoms with Crippen molar-refractivity contribution in [2.45, 2.75) is 30.4 Å². The molecule has 2 rings (SSSR count). The van der Waals surface area contributed by atoms with Gasteiger partial charge in [0.2, 0.25) is 0 Å². The number of carboxylic acids is 1. The molecule has 0 aliphatic heterocycles. The average Bonchev–Trinajstić information content (AvgIpc) is 2.86. The minimum absolute atomic E-state index is 0.0876. The highest BCUT2D eigenvalue weighted by molar-refractivity contribution is 8.00. The molecular weight excluding hydrogens is 248 g/mol. The number of carbonyl (C=O) groups is 1. The maximum Gasteiger partial charge on any atom is 0.354 e. The molecule has 0 aromatic carbocycles. The van der Waals surface area contributed by atoms with E-state index in [1.54, 1.807) is 6.07 Å². The number of pyridine rings is 1. The van der Waals surface area contributed by atoms with E-state index < -0.39 is 5.97 Å². The zero-order chi connectivity index (χ0) is 13.0. The number of aromatic nitrogens is 1. The highest BCUT2D eigenvalue weighted by Crippen LogP contribution is 2.40. The van der Waals surface area contributed by atoms with Crippen LogP contribution in [-0.4, -0.2) is 33.6 Å². The molecule has 0 radical (unpaired) electrons. The van der Waals surface area contributed by atoms with E-state index in [1.807, 2.05) is 17.8 Å². The number of hydrogen-bond donors (Lipinski definition) is 2. The van der Waals surface area contributed by atoms with Gasteiger partial charge in [0.05, 0.1) is 0 Å². The first-order valence-corrected chi connectivity index (χ1v) is 7.37. The van der Waals surface area contributed by atoms with Crippen LogP contribution in [0.3, 0.4) is 0 Å². The first kappa shape index (κ1) is 13.2. The van der Waals surface area contributed by atoms with E-state index in [1.165, 1.54) is 31.7 Å². The Morgan fingerprint density at radius 2 is 2.22 bits per heavy atom. The molecule has 0 amide bonds. The summed E-state index contributed by atoms with van der Waals surface area (Å²) in [6.45, 7) is 0.851. The van der Waals surface area contributed by atoms with E-state index in [9.17, 15) is 4.79 Å². The topological polar surface area (TPSA) is 62.2 Å². The van der Waals surface area contributed by atoms with Gasteiger partial charge in [-0.2, -0.15) is 11.8 Å². The van der Waals surface area contributed by atoms with Crippen LogP contribution in [0.5, 0.6) is 0 Å². The molecule has 5 heteroatoms. The van der Waals surface area contributed by atoms with Crippen LogP contribution >= 0.6 is 11.8 Å². The van der Waals surface area contributed by atoms with Crippen LogP contribution in [-0.2, 0) is 0 Å². The molecule has 4 nitrogen and oxygen atoms in total. The van der Waals surface area contributed by atoms with Gasteiger partial charge in [-0.3, -0.25) is 0 Å². The summed E-state index contributed by atoms with van der Waals surface area (Å²) >= 11 is 1.90. The molecular formula is C13H18N2O2S. The lowest BCUT2D eigenvalue weighted by Crippen LogP contribution is -2.30. The van der Waals surface area contributed by atoms with Crippen LogP contribution in [0.15, 0.2) is 18.2 Å². The van der Waals surface area contributed by atoms with Gasteiger partial charge in [-0.25, -0.2) is 9.78 Å². The van der Waals surface area contributed by atoms with E-state index in [-0.39, 0.29) is 5.69 Å². The molecule has 0 saturated heterocycles.